The van der Waals surface area contributed by atoms with Crippen molar-refractivity contribution in [3.05, 3.63) is 0 Å². The molecule has 1 aliphatic carbocycles. The number of nitrogens with zero attached hydrogens (tertiary/aromatic N) is 1. The van der Waals surface area contributed by atoms with Gasteiger partial charge in [0.05, 0.1) is 0 Å². The number of hydrogen-bond acceptors (Lipinski definition) is 2. The van der Waals surface area contributed by atoms with Crippen molar-refractivity contribution in [1.29, 1.82) is 0 Å². The van der Waals surface area contributed by atoms with Gasteiger partial charge in [0.15, 0.2) is 0 Å². The van der Waals surface area contributed by atoms with Crippen LogP contribution in [0.2, 0.25) is 0 Å². The van der Waals surface area contributed by atoms with Crippen molar-refractivity contribution >= 4 is 0 Å². The van der Waals surface area contributed by atoms with Gasteiger partial charge in [0, 0.05) is 6.54 Å². The van der Waals surface area contributed by atoms with Crippen LogP contribution >= 0.6 is 0 Å². The van der Waals surface area contributed by atoms with E-state index in [1.165, 1.54) is 45.3 Å². The van der Waals surface area contributed by atoms with Gasteiger partial charge in [-0.25, -0.2) is 0 Å². The summed E-state index contributed by atoms with van der Waals surface area (Å²) in [4.78, 5) is 2.62. The molecule has 0 radical (unpaired) electrons. The highest BCUT2D eigenvalue weighted by Gasteiger charge is 2.42. The molecule has 76 valence electrons. The summed E-state index contributed by atoms with van der Waals surface area (Å²) in [6, 6.07) is 0. The second-order valence-electron chi connectivity index (χ2n) is 5.16. The lowest BCUT2D eigenvalue weighted by molar-refractivity contribution is 0.161. The summed E-state index contributed by atoms with van der Waals surface area (Å²) < 4.78 is 0. The average molecular weight is 182 g/mol. The minimum absolute atomic E-state index is 0.542. The third kappa shape index (κ3) is 2.23. The molecule has 13 heavy (non-hydrogen) atoms. The molecule has 0 unspecified atom stereocenters. The van der Waals surface area contributed by atoms with Crippen molar-refractivity contribution in [1.82, 2.24) is 4.90 Å². The fourth-order valence-electron chi connectivity index (χ4n) is 2.30. The molecule has 0 atom stereocenters. The van der Waals surface area contributed by atoms with E-state index in [-0.39, 0.29) is 0 Å². The fraction of sp³-hybridized carbons (Fsp3) is 1.00. The first-order chi connectivity index (χ1) is 6.24. The smallest absolute Gasteiger partial charge is 0.00501 e. The van der Waals surface area contributed by atoms with E-state index >= 15 is 0 Å². The van der Waals surface area contributed by atoms with Gasteiger partial charge >= 0.3 is 0 Å². The third-order valence-corrected chi connectivity index (χ3v) is 3.83. The Morgan fingerprint density at radius 2 is 1.92 bits per heavy atom. The van der Waals surface area contributed by atoms with E-state index in [1.807, 2.05) is 0 Å². The van der Waals surface area contributed by atoms with Gasteiger partial charge in [-0.3, -0.25) is 0 Å². The van der Waals surface area contributed by atoms with Crippen LogP contribution in [0.3, 0.4) is 0 Å². The second-order valence-corrected chi connectivity index (χ2v) is 5.16. The van der Waals surface area contributed by atoms with Crippen LogP contribution in [-0.4, -0.2) is 31.1 Å². The van der Waals surface area contributed by atoms with Crippen LogP contribution in [0, 0.1) is 11.3 Å². The van der Waals surface area contributed by atoms with Gasteiger partial charge < -0.3 is 10.6 Å². The lowest BCUT2D eigenvalue weighted by Gasteiger charge is -2.32. The maximum absolute atomic E-state index is 5.79. The zero-order valence-corrected chi connectivity index (χ0v) is 8.76. The SMILES string of the molecule is CC1CCN(CC2(CN)CC2)CC1. The molecule has 0 amide bonds. The molecule has 0 spiro atoms. The Morgan fingerprint density at radius 1 is 1.31 bits per heavy atom. The van der Waals surface area contributed by atoms with Crippen molar-refractivity contribution in [3.8, 4) is 0 Å². The molecular weight excluding hydrogens is 160 g/mol. The fourth-order valence-corrected chi connectivity index (χ4v) is 2.30. The minimum Gasteiger partial charge on any atom is -0.330 e. The molecule has 2 rings (SSSR count). The predicted octanol–water partition coefficient (Wildman–Crippen LogP) is 1.46. The van der Waals surface area contributed by atoms with Crippen LogP contribution in [0.5, 0.6) is 0 Å². The molecule has 1 aliphatic heterocycles. The topological polar surface area (TPSA) is 29.3 Å². The van der Waals surface area contributed by atoms with E-state index in [4.69, 9.17) is 5.73 Å². The summed E-state index contributed by atoms with van der Waals surface area (Å²) in [6.07, 6.45) is 5.52. The van der Waals surface area contributed by atoms with Crippen LogP contribution in [-0.2, 0) is 0 Å². The van der Waals surface area contributed by atoms with Gasteiger partial charge in [-0.2, -0.15) is 0 Å². The third-order valence-electron chi connectivity index (χ3n) is 3.83. The highest BCUT2D eigenvalue weighted by Crippen LogP contribution is 2.45. The molecule has 0 aromatic heterocycles. The van der Waals surface area contributed by atoms with Crippen molar-refractivity contribution in [2.45, 2.75) is 32.6 Å². The van der Waals surface area contributed by atoms with Gasteiger partial charge in [-0.05, 0) is 56.7 Å². The number of rotatable bonds is 3. The zero-order chi connectivity index (χ0) is 9.31. The molecule has 0 aromatic carbocycles. The lowest BCUT2D eigenvalue weighted by Crippen LogP contribution is -2.39. The van der Waals surface area contributed by atoms with Crippen LogP contribution in [0.1, 0.15) is 32.6 Å². The van der Waals surface area contributed by atoms with Crippen LogP contribution < -0.4 is 5.73 Å². The van der Waals surface area contributed by atoms with Crippen molar-refractivity contribution in [2.24, 2.45) is 17.1 Å². The highest BCUT2D eigenvalue weighted by molar-refractivity contribution is 4.96. The normalized spacial score (nSPS) is 29.1. The maximum Gasteiger partial charge on any atom is 0.00501 e. The molecular formula is C11H22N2. The predicted molar refractivity (Wildman–Crippen MR) is 55.6 cm³/mol. The summed E-state index contributed by atoms with van der Waals surface area (Å²) >= 11 is 0. The first-order valence-electron chi connectivity index (χ1n) is 5.66. The Morgan fingerprint density at radius 3 is 2.38 bits per heavy atom. The molecule has 0 bridgehead atoms. The molecule has 0 aromatic rings. The first-order valence-corrected chi connectivity index (χ1v) is 5.66. The number of nitrogens with two attached hydrogens (primary N) is 1. The molecule has 2 aliphatic rings. The molecule has 1 heterocycles. The summed E-state index contributed by atoms with van der Waals surface area (Å²) in [6.45, 7) is 7.16. The molecule has 2 N–H and O–H groups in total. The molecule has 2 nitrogen and oxygen atoms in total. The van der Waals surface area contributed by atoms with E-state index in [1.54, 1.807) is 0 Å². The Balaban J connectivity index is 1.76. The molecule has 1 saturated carbocycles. The second kappa shape index (κ2) is 3.58. The first kappa shape index (κ1) is 9.47. The van der Waals surface area contributed by atoms with Gasteiger partial charge in [0.2, 0.25) is 0 Å². The largest absolute Gasteiger partial charge is 0.330 e. The van der Waals surface area contributed by atoms with E-state index in [9.17, 15) is 0 Å². The van der Waals surface area contributed by atoms with Gasteiger partial charge in [0.25, 0.3) is 0 Å². The van der Waals surface area contributed by atoms with E-state index in [0.717, 1.165) is 12.5 Å². The van der Waals surface area contributed by atoms with Crippen LogP contribution in [0.25, 0.3) is 0 Å². The Labute approximate surface area is 81.5 Å². The average Bonchev–Trinajstić information content (AvgIpc) is 2.90. The standard InChI is InChI=1S/C11H22N2/c1-10-2-6-13(7-3-10)9-11(8-12)4-5-11/h10H,2-9,12H2,1H3. The van der Waals surface area contributed by atoms with Gasteiger partial charge in [-0.1, -0.05) is 6.92 Å². The Bertz CT molecular complexity index is 167. The van der Waals surface area contributed by atoms with Crippen LogP contribution in [0.4, 0.5) is 0 Å². The van der Waals surface area contributed by atoms with Crippen molar-refractivity contribution in [3.63, 3.8) is 0 Å². The number of hydrogen-bond donors (Lipinski definition) is 1. The van der Waals surface area contributed by atoms with Crippen LogP contribution in [0.15, 0.2) is 0 Å². The Hall–Kier alpha value is -0.0800. The van der Waals surface area contributed by atoms with E-state index < -0.39 is 0 Å². The monoisotopic (exact) mass is 182 g/mol. The van der Waals surface area contributed by atoms with E-state index in [0.29, 0.717) is 5.41 Å². The van der Waals surface area contributed by atoms with E-state index in [2.05, 4.69) is 11.8 Å². The highest BCUT2D eigenvalue weighted by atomic mass is 15.1. The number of likely N-dealkylation sites (tertiary alicyclic amines) is 1. The number of piperidine rings is 1. The minimum atomic E-state index is 0.542. The maximum atomic E-state index is 5.79. The quantitative estimate of drug-likeness (QED) is 0.716. The lowest BCUT2D eigenvalue weighted by atomic mass is 9.97. The molecule has 2 heteroatoms. The summed E-state index contributed by atoms with van der Waals surface area (Å²) in [5.74, 6) is 0.948. The van der Waals surface area contributed by atoms with Crippen molar-refractivity contribution in [2.75, 3.05) is 26.2 Å². The van der Waals surface area contributed by atoms with Gasteiger partial charge in [0.1, 0.15) is 0 Å². The van der Waals surface area contributed by atoms with Crippen molar-refractivity contribution < 1.29 is 0 Å². The summed E-state index contributed by atoms with van der Waals surface area (Å²) in [5.41, 5.74) is 6.33. The Kier molecular flexibility index (Phi) is 2.61. The molecule has 1 saturated heterocycles. The summed E-state index contributed by atoms with van der Waals surface area (Å²) in [5, 5.41) is 0. The van der Waals surface area contributed by atoms with Gasteiger partial charge in [-0.15, -0.1) is 0 Å². The molecule has 2 fully saturated rings. The zero-order valence-electron chi connectivity index (χ0n) is 8.76. The summed E-state index contributed by atoms with van der Waals surface area (Å²) in [7, 11) is 0.